The second-order valence-corrected chi connectivity index (χ2v) is 5.16. The van der Waals surface area contributed by atoms with Crippen LogP contribution in [-0.2, 0) is 0 Å². The predicted octanol–water partition coefficient (Wildman–Crippen LogP) is 4.41. The van der Waals surface area contributed by atoms with Crippen molar-refractivity contribution in [2.75, 3.05) is 7.11 Å². The molecule has 3 nitrogen and oxygen atoms in total. The molecule has 0 heterocycles. The predicted molar refractivity (Wildman–Crippen MR) is 84.4 cm³/mol. The van der Waals surface area contributed by atoms with E-state index in [1.54, 1.807) is 32.4 Å². The molecule has 20 heavy (non-hydrogen) atoms. The molecule has 0 bridgehead atoms. The summed E-state index contributed by atoms with van der Waals surface area (Å²) in [4.78, 5) is 15.6. The Morgan fingerprint density at radius 2 is 1.90 bits per heavy atom. The van der Waals surface area contributed by atoms with Crippen LogP contribution >= 0.6 is 15.9 Å². The van der Waals surface area contributed by atoms with E-state index in [1.807, 2.05) is 30.3 Å². The van der Waals surface area contributed by atoms with E-state index in [0.29, 0.717) is 5.56 Å². The highest BCUT2D eigenvalue weighted by molar-refractivity contribution is 9.10. The molecule has 0 aliphatic rings. The van der Waals surface area contributed by atoms with Gasteiger partial charge in [-0.05, 0) is 49.4 Å². The molecule has 0 unspecified atom stereocenters. The number of halogens is 1. The summed E-state index contributed by atoms with van der Waals surface area (Å²) in [6, 6.07) is 12.9. The van der Waals surface area contributed by atoms with E-state index in [2.05, 4.69) is 20.9 Å². The number of nitrogens with zero attached hydrogens (tertiary/aromatic N) is 1. The first-order valence-corrected chi connectivity index (χ1v) is 6.88. The number of hydrogen-bond acceptors (Lipinski definition) is 3. The molecular weight excluding hydrogens is 318 g/mol. The van der Waals surface area contributed by atoms with Crippen LogP contribution in [0.25, 0.3) is 0 Å². The highest BCUT2D eigenvalue weighted by Crippen LogP contribution is 2.22. The molecule has 0 aliphatic carbocycles. The second kappa shape index (κ2) is 6.48. The van der Waals surface area contributed by atoms with Crippen LogP contribution in [-0.4, -0.2) is 19.1 Å². The summed E-state index contributed by atoms with van der Waals surface area (Å²) in [7, 11) is 1.63. The molecule has 0 saturated heterocycles. The lowest BCUT2D eigenvalue weighted by Crippen LogP contribution is -1.91. The third-order valence-electron chi connectivity index (χ3n) is 2.82. The maximum Gasteiger partial charge on any atom is 0.159 e. The van der Waals surface area contributed by atoms with Gasteiger partial charge in [0.05, 0.1) is 12.8 Å². The number of hydrogen-bond donors (Lipinski definition) is 0. The smallest absolute Gasteiger partial charge is 0.159 e. The molecule has 0 spiro atoms. The van der Waals surface area contributed by atoms with Gasteiger partial charge < -0.3 is 4.74 Å². The first-order chi connectivity index (χ1) is 9.60. The first-order valence-electron chi connectivity index (χ1n) is 6.09. The van der Waals surface area contributed by atoms with Gasteiger partial charge in [-0.2, -0.15) is 0 Å². The van der Waals surface area contributed by atoms with Gasteiger partial charge in [0, 0.05) is 21.8 Å². The largest absolute Gasteiger partial charge is 0.496 e. The van der Waals surface area contributed by atoms with E-state index in [0.717, 1.165) is 21.5 Å². The Kier molecular flexibility index (Phi) is 4.69. The zero-order chi connectivity index (χ0) is 14.5. The van der Waals surface area contributed by atoms with Crippen molar-refractivity contribution >= 4 is 33.6 Å². The molecule has 0 saturated carbocycles. The number of Topliss-reactive ketones (excluding diaryl/α,β-unsaturated/α-hetero) is 1. The fourth-order valence-electron chi connectivity index (χ4n) is 1.73. The summed E-state index contributed by atoms with van der Waals surface area (Å²) in [5.74, 6) is 0.812. The van der Waals surface area contributed by atoms with Gasteiger partial charge in [0.2, 0.25) is 0 Å². The molecular formula is C16H14BrNO2. The van der Waals surface area contributed by atoms with E-state index in [1.165, 1.54) is 0 Å². The number of benzene rings is 2. The van der Waals surface area contributed by atoms with Gasteiger partial charge in [-0.1, -0.05) is 15.9 Å². The molecule has 0 fully saturated rings. The molecule has 0 aromatic heterocycles. The molecule has 0 amide bonds. The summed E-state index contributed by atoms with van der Waals surface area (Å²) in [5.41, 5.74) is 2.36. The fraction of sp³-hybridized carbons (Fsp3) is 0.125. The SMILES string of the molecule is COc1ccc(Br)cc1C=Nc1ccc(C(C)=O)cc1. The highest BCUT2D eigenvalue weighted by atomic mass is 79.9. The van der Waals surface area contributed by atoms with Crippen molar-refractivity contribution in [3.8, 4) is 5.75 Å². The van der Waals surface area contributed by atoms with Crippen LogP contribution in [0.15, 0.2) is 51.9 Å². The topological polar surface area (TPSA) is 38.7 Å². The summed E-state index contributed by atoms with van der Waals surface area (Å²) in [6.45, 7) is 1.55. The van der Waals surface area contributed by atoms with Gasteiger partial charge >= 0.3 is 0 Å². The van der Waals surface area contributed by atoms with E-state index < -0.39 is 0 Å². The number of carbonyl (C=O) groups excluding carboxylic acids is 1. The Bertz CT molecular complexity index is 648. The van der Waals surface area contributed by atoms with Crippen LogP contribution in [0.5, 0.6) is 5.75 Å². The summed E-state index contributed by atoms with van der Waals surface area (Å²) >= 11 is 3.42. The third kappa shape index (κ3) is 3.54. The monoisotopic (exact) mass is 331 g/mol. The Morgan fingerprint density at radius 1 is 1.20 bits per heavy atom. The summed E-state index contributed by atoms with van der Waals surface area (Å²) in [5, 5.41) is 0. The molecule has 0 atom stereocenters. The highest BCUT2D eigenvalue weighted by Gasteiger charge is 2.01. The second-order valence-electron chi connectivity index (χ2n) is 4.25. The van der Waals surface area contributed by atoms with Crippen LogP contribution in [0.4, 0.5) is 5.69 Å². The van der Waals surface area contributed by atoms with Crippen molar-refractivity contribution in [1.29, 1.82) is 0 Å². The van der Waals surface area contributed by atoms with Crippen molar-refractivity contribution in [2.45, 2.75) is 6.92 Å². The van der Waals surface area contributed by atoms with E-state index in [9.17, 15) is 4.79 Å². The Labute approximate surface area is 126 Å². The minimum Gasteiger partial charge on any atom is -0.496 e. The van der Waals surface area contributed by atoms with Crippen LogP contribution in [0.3, 0.4) is 0 Å². The van der Waals surface area contributed by atoms with Crippen LogP contribution in [0.2, 0.25) is 0 Å². The van der Waals surface area contributed by atoms with Crippen LogP contribution in [0.1, 0.15) is 22.8 Å². The molecule has 2 rings (SSSR count). The molecule has 2 aromatic rings. The average molecular weight is 332 g/mol. The number of methoxy groups -OCH3 is 1. The number of ketones is 1. The van der Waals surface area contributed by atoms with Crippen molar-refractivity contribution in [2.24, 2.45) is 4.99 Å². The molecule has 0 aliphatic heterocycles. The maximum atomic E-state index is 11.2. The van der Waals surface area contributed by atoms with Crippen LogP contribution in [0, 0.1) is 0 Å². The quantitative estimate of drug-likeness (QED) is 0.614. The third-order valence-corrected chi connectivity index (χ3v) is 3.31. The van der Waals surface area contributed by atoms with Gasteiger partial charge in [0.1, 0.15) is 5.75 Å². The van der Waals surface area contributed by atoms with Crippen molar-refractivity contribution < 1.29 is 9.53 Å². The molecule has 0 radical (unpaired) electrons. The van der Waals surface area contributed by atoms with E-state index in [-0.39, 0.29) is 5.78 Å². The zero-order valence-corrected chi connectivity index (χ0v) is 12.8. The fourth-order valence-corrected chi connectivity index (χ4v) is 2.11. The van der Waals surface area contributed by atoms with Crippen molar-refractivity contribution in [3.63, 3.8) is 0 Å². The lowest BCUT2D eigenvalue weighted by atomic mass is 10.1. The maximum absolute atomic E-state index is 11.2. The minimum absolute atomic E-state index is 0.0502. The Hall–Kier alpha value is -1.94. The van der Waals surface area contributed by atoms with Gasteiger partial charge in [-0.3, -0.25) is 9.79 Å². The Morgan fingerprint density at radius 3 is 2.50 bits per heavy atom. The van der Waals surface area contributed by atoms with Gasteiger partial charge in [-0.25, -0.2) is 0 Å². The summed E-state index contributed by atoms with van der Waals surface area (Å²) in [6.07, 6.45) is 1.74. The molecule has 2 aromatic carbocycles. The molecule has 4 heteroatoms. The average Bonchev–Trinajstić information content (AvgIpc) is 2.45. The van der Waals surface area contributed by atoms with Gasteiger partial charge in [-0.15, -0.1) is 0 Å². The lowest BCUT2D eigenvalue weighted by Gasteiger charge is -2.04. The Balaban J connectivity index is 2.24. The van der Waals surface area contributed by atoms with E-state index >= 15 is 0 Å². The van der Waals surface area contributed by atoms with Crippen molar-refractivity contribution in [1.82, 2.24) is 0 Å². The standard InChI is InChI=1S/C16H14BrNO2/c1-11(19)12-3-6-15(7-4-12)18-10-13-9-14(17)5-8-16(13)20-2/h3-10H,1-2H3. The first kappa shape index (κ1) is 14.5. The lowest BCUT2D eigenvalue weighted by molar-refractivity contribution is 0.101. The summed E-state index contributed by atoms with van der Waals surface area (Å²) < 4.78 is 6.25. The number of rotatable bonds is 4. The zero-order valence-electron chi connectivity index (χ0n) is 11.3. The number of ether oxygens (including phenoxy) is 1. The molecule has 0 N–H and O–H groups in total. The molecule has 102 valence electrons. The van der Waals surface area contributed by atoms with Gasteiger partial charge in [0.15, 0.2) is 5.78 Å². The van der Waals surface area contributed by atoms with Crippen molar-refractivity contribution in [3.05, 3.63) is 58.1 Å². The minimum atomic E-state index is 0.0502. The number of carbonyl (C=O) groups is 1. The normalized spacial score (nSPS) is 10.8. The van der Waals surface area contributed by atoms with Crippen LogP contribution < -0.4 is 4.74 Å². The number of aliphatic imine (C=N–C) groups is 1. The van der Waals surface area contributed by atoms with Gasteiger partial charge in [0.25, 0.3) is 0 Å². The van der Waals surface area contributed by atoms with E-state index in [4.69, 9.17) is 4.74 Å².